The molecule has 0 heterocycles. The molecule has 2 heteroatoms. The molecule has 2 aromatic carbocycles. The highest BCUT2D eigenvalue weighted by Gasteiger charge is 2.46. The molecule has 0 aromatic heterocycles. The number of phenols is 2. The van der Waals surface area contributed by atoms with E-state index in [9.17, 15) is 10.2 Å². The molecule has 1 atom stereocenters. The third kappa shape index (κ3) is 3.27. The minimum atomic E-state index is -0.0866. The van der Waals surface area contributed by atoms with Crippen molar-refractivity contribution in [2.45, 2.75) is 59.3 Å². The van der Waals surface area contributed by atoms with Crippen molar-refractivity contribution in [1.82, 2.24) is 0 Å². The number of benzene rings is 2. The van der Waals surface area contributed by atoms with E-state index in [4.69, 9.17) is 0 Å². The molecular formula is C23H30O2. The van der Waals surface area contributed by atoms with E-state index in [-0.39, 0.29) is 10.8 Å². The Bertz CT molecular complexity index is 737. The van der Waals surface area contributed by atoms with Crippen molar-refractivity contribution in [3.05, 3.63) is 58.7 Å². The van der Waals surface area contributed by atoms with E-state index in [1.807, 2.05) is 24.3 Å². The molecule has 0 radical (unpaired) electrons. The molecule has 2 aromatic rings. The molecule has 3 rings (SSSR count). The molecule has 25 heavy (non-hydrogen) atoms. The first-order valence-electron chi connectivity index (χ1n) is 9.23. The van der Waals surface area contributed by atoms with Crippen LogP contribution < -0.4 is 0 Å². The maximum absolute atomic E-state index is 9.90. The van der Waals surface area contributed by atoms with E-state index in [1.165, 1.54) is 17.5 Å². The van der Waals surface area contributed by atoms with Crippen molar-refractivity contribution in [2.75, 3.05) is 0 Å². The fourth-order valence-electron chi connectivity index (χ4n) is 5.50. The summed E-state index contributed by atoms with van der Waals surface area (Å²) in [6.45, 7) is 11.3. The topological polar surface area (TPSA) is 40.5 Å². The van der Waals surface area contributed by atoms with Crippen LogP contribution in [-0.2, 0) is 5.41 Å². The molecule has 134 valence electrons. The molecule has 0 bridgehead atoms. The lowest BCUT2D eigenvalue weighted by molar-refractivity contribution is 0.126. The molecule has 1 aliphatic carbocycles. The van der Waals surface area contributed by atoms with E-state index in [0.717, 1.165) is 24.0 Å². The van der Waals surface area contributed by atoms with Gasteiger partial charge in [-0.25, -0.2) is 0 Å². The first-order chi connectivity index (χ1) is 11.6. The summed E-state index contributed by atoms with van der Waals surface area (Å²) in [5, 5.41) is 19.8. The first kappa shape index (κ1) is 17.8. The number of rotatable bonds is 2. The minimum Gasteiger partial charge on any atom is -0.508 e. The quantitative estimate of drug-likeness (QED) is 0.721. The number of hydrogen-bond acceptors (Lipinski definition) is 2. The molecule has 1 unspecified atom stereocenters. The molecule has 0 saturated heterocycles. The van der Waals surface area contributed by atoms with Gasteiger partial charge in [-0.05, 0) is 91.0 Å². The molecule has 1 saturated carbocycles. The Balaban J connectivity index is 2.28. The lowest BCUT2D eigenvalue weighted by Crippen LogP contribution is -2.42. The zero-order valence-corrected chi connectivity index (χ0v) is 16.1. The number of aryl methyl sites for hydroxylation is 2. The molecule has 1 aliphatic rings. The van der Waals surface area contributed by atoms with Gasteiger partial charge < -0.3 is 10.2 Å². The highest BCUT2D eigenvalue weighted by atomic mass is 16.3. The fraction of sp³-hybridized carbons (Fsp3) is 0.478. The van der Waals surface area contributed by atoms with Crippen molar-refractivity contribution in [3.63, 3.8) is 0 Å². The van der Waals surface area contributed by atoms with Crippen LogP contribution in [0.2, 0.25) is 0 Å². The van der Waals surface area contributed by atoms with E-state index in [2.05, 4.69) is 46.8 Å². The molecule has 0 amide bonds. The van der Waals surface area contributed by atoms with Crippen LogP contribution in [0.4, 0.5) is 0 Å². The van der Waals surface area contributed by atoms with Gasteiger partial charge in [-0.1, -0.05) is 32.9 Å². The Morgan fingerprint density at radius 2 is 1.32 bits per heavy atom. The van der Waals surface area contributed by atoms with E-state index >= 15 is 0 Å². The summed E-state index contributed by atoms with van der Waals surface area (Å²) in [6, 6.07) is 11.6. The Hall–Kier alpha value is -1.96. The Kier molecular flexibility index (Phi) is 4.35. The van der Waals surface area contributed by atoms with Gasteiger partial charge in [0.25, 0.3) is 0 Å². The Labute approximate surface area is 151 Å². The van der Waals surface area contributed by atoms with Crippen molar-refractivity contribution in [3.8, 4) is 11.5 Å². The zero-order chi connectivity index (χ0) is 18.4. The fourth-order valence-corrected chi connectivity index (χ4v) is 5.50. The summed E-state index contributed by atoms with van der Waals surface area (Å²) in [7, 11) is 0. The van der Waals surface area contributed by atoms with Gasteiger partial charge in [0.15, 0.2) is 0 Å². The van der Waals surface area contributed by atoms with Crippen LogP contribution in [-0.4, -0.2) is 10.2 Å². The van der Waals surface area contributed by atoms with Crippen LogP contribution in [0.1, 0.15) is 62.3 Å². The van der Waals surface area contributed by atoms with Crippen LogP contribution in [0.25, 0.3) is 0 Å². The van der Waals surface area contributed by atoms with Gasteiger partial charge in [0.05, 0.1) is 0 Å². The highest BCUT2D eigenvalue weighted by Crippen LogP contribution is 2.55. The third-order valence-electron chi connectivity index (χ3n) is 5.83. The average Bonchev–Trinajstić information content (AvgIpc) is 2.44. The molecule has 0 spiro atoms. The van der Waals surface area contributed by atoms with E-state index in [0.29, 0.717) is 17.4 Å². The van der Waals surface area contributed by atoms with Crippen LogP contribution >= 0.6 is 0 Å². The zero-order valence-electron chi connectivity index (χ0n) is 16.1. The van der Waals surface area contributed by atoms with Crippen molar-refractivity contribution < 1.29 is 10.2 Å². The Morgan fingerprint density at radius 1 is 0.840 bits per heavy atom. The van der Waals surface area contributed by atoms with Gasteiger partial charge in [0.1, 0.15) is 11.5 Å². The third-order valence-corrected chi connectivity index (χ3v) is 5.83. The largest absolute Gasteiger partial charge is 0.508 e. The lowest BCUT2D eigenvalue weighted by Gasteiger charge is -2.49. The number of aromatic hydroxyl groups is 2. The predicted octanol–water partition coefficient (Wildman–Crippen LogP) is 5.85. The molecule has 1 fully saturated rings. The summed E-state index contributed by atoms with van der Waals surface area (Å²) < 4.78 is 0. The van der Waals surface area contributed by atoms with Crippen molar-refractivity contribution in [1.29, 1.82) is 0 Å². The maximum atomic E-state index is 9.90. The lowest BCUT2D eigenvalue weighted by atomic mass is 9.54. The monoisotopic (exact) mass is 338 g/mol. The maximum Gasteiger partial charge on any atom is 0.115 e. The summed E-state index contributed by atoms with van der Waals surface area (Å²) in [5.74, 6) is 1.26. The van der Waals surface area contributed by atoms with Gasteiger partial charge in [-0.3, -0.25) is 0 Å². The van der Waals surface area contributed by atoms with E-state index < -0.39 is 0 Å². The normalized spacial score (nSPS) is 21.9. The highest BCUT2D eigenvalue weighted by molar-refractivity contribution is 5.50. The van der Waals surface area contributed by atoms with Crippen LogP contribution in [0.3, 0.4) is 0 Å². The van der Waals surface area contributed by atoms with Gasteiger partial charge in [0, 0.05) is 5.41 Å². The smallest absolute Gasteiger partial charge is 0.115 e. The predicted molar refractivity (Wildman–Crippen MR) is 103 cm³/mol. The summed E-state index contributed by atoms with van der Waals surface area (Å²) in [4.78, 5) is 0. The summed E-state index contributed by atoms with van der Waals surface area (Å²) in [6.07, 6.45) is 3.39. The van der Waals surface area contributed by atoms with Gasteiger partial charge in [-0.2, -0.15) is 0 Å². The molecule has 2 nitrogen and oxygen atoms in total. The second-order valence-corrected chi connectivity index (χ2v) is 8.93. The SMILES string of the molecule is Cc1cc(O)ccc1C1(c2ccc(O)cc2C)CC(C)CC(C)(C)C1. The van der Waals surface area contributed by atoms with Gasteiger partial charge in [0.2, 0.25) is 0 Å². The van der Waals surface area contributed by atoms with Crippen LogP contribution in [0.5, 0.6) is 11.5 Å². The summed E-state index contributed by atoms with van der Waals surface area (Å²) >= 11 is 0. The van der Waals surface area contributed by atoms with Crippen molar-refractivity contribution in [2.24, 2.45) is 11.3 Å². The van der Waals surface area contributed by atoms with Crippen LogP contribution in [0.15, 0.2) is 36.4 Å². The molecule has 2 N–H and O–H groups in total. The minimum absolute atomic E-state index is 0.0866. The van der Waals surface area contributed by atoms with E-state index in [1.54, 1.807) is 0 Å². The first-order valence-corrected chi connectivity index (χ1v) is 9.23. The average molecular weight is 338 g/mol. The second kappa shape index (κ2) is 6.09. The second-order valence-electron chi connectivity index (χ2n) is 8.93. The van der Waals surface area contributed by atoms with Crippen LogP contribution in [0, 0.1) is 25.2 Å². The number of phenolic OH excluding ortho intramolecular Hbond substituents is 2. The standard InChI is InChI=1S/C23H30O2/c1-15-12-22(4,5)14-23(13-15,20-8-6-18(24)10-16(20)2)21-9-7-19(25)11-17(21)3/h6-11,15,24-25H,12-14H2,1-5H3. The number of hydrogen-bond donors (Lipinski definition) is 2. The van der Waals surface area contributed by atoms with Gasteiger partial charge >= 0.3 is 0 Å². The van der Waals surface area contributed by atoms with Gasteiger partial charge in [-0.15, -0.1) is 0 Å². The molecule has 0 aliphatic heterocycles. The summed E-state index contributed by atoms with van der Waals surface area (Å²) in [5.41, 5.74) is 5.04. The Morgan fingerprint density at radius 3 is 1.72 bits per heavy atom. The van der Waals surface area contributed by atoms with Crippen molar-refractivity contribution >= 4 is 0 Å². The molecular weight excluding hydrogens is 308 g/mol.